The van der Waals surface area contributed by atoms with Gasteiger partial charge in [-0.15, -0.1) is 0 Å². The summed E-state index contributed by atoms with van der Waals surface area (Å²) in [4.78, 5) is 27.1. The average molecular weight is 408 g/mol. The van der Waals surface area contributed by atoms with Gasteiger partial charge in [-0.1, -0.05) is 32.0 Å². The molecule has 1 aliphatic rings. The second-order valence-electron chi connectivity index (χ2n) is 7.42. The Hall–Kier alpha value is -3.28. The van der Waals surface area contributed by atoms with E-state index in [9.17, 15) is 9.59 Å². The van der Waals surface area contributed by atoms with Crippen LogP contribution in [0.15, 0.2) is 54.2 Å². The fourth-order valence-electron chi connectivity index (χ4n) is 3.20. The lowest BCUT2D eigenvalue weighted by Gasteiger charge is -2.12. The molecule has 0 spiro atoms. The van der Waals surface area contributed by atoms with Crippen molar-refractivity contribution in [2.24, 2.45) is 5.92 Å². The minimum absolute atomic E-state index is 0.270. The molecular weight excluding hydrogens is 380 g/mol. The maximum Gasteiger partial charge on any atom is 0.278 e. The molecule has 1 N–H and O–H groups in total. The number of imide groups is 1. The average Bonchev–Trinajstić information content (AvgIpc) is 2.96. The number of nitrogens with zero attached hydrogens (tertiary/aromatic N) is 1. The van der Waals surface area contributed by atoms with Gasteiger partial charge in [-0.2, -0.15) is 0 Å². The normalized spacial score (nSPS) is 14.0. The van der Waals surface area contributed by atoms with Gasteiger partial charge in [0.05, 0.1) is 18.8 Å². The maximum atomic E-state index is 13.0. The number of carbonyl (C=O) groups excluding carboxylic acids is 2. The summed E-state index contributed by atoms with van der Waals surface area (Å²) in [5, 5.41) is 3.14. The standard InChI is InChI=1S/C24H28N2O4/c1-5-26-23(27)21(17-10-12-19(13-11-17)30-15-16(3)4)22(24(26)28)25-18-8-7-9-20(14-18)29-6-2/h7-14,16,25H,5-6,15H2,1-4H3. The van der Waals surface area contributed by atoms with E-state index >= 15 is 0 Å². The van der Waals surface area contributed by atoms with Crippen molar-refractivity contribution < 1.29 is 19.1 Å². The summed E-state index contributed by atoms with van der Waals surface area (Å²) >= 11 is 0. The largest absolute Gasteiger partial charge is 0.494 e. The van der Waals surface area contributed by atoms with Gasteiger partial charge in [0.15, 0.2) is 0 Å². The number of nitrogens with one attached hydrogen (secondary N) is 1. The summed E-state index contributed by atoms with van der Waals surface area (Å²) in [5.41, 5.74) is 1.99. The molecule has 2 amide bonds. The van der Waals surface area contributed by atoms with Gasteiger partial charge >= 0.3 is 0 Å². The van der Waals surface area contributed by atoms with Crippen LogP contribution in [0.1, 0.15) is 33.3 Å². The van der Waals surface area contributed by atoms with E-state index in [2.05, 4.69) is 19.2 Å². The Labute approximate surface area is 177 Å². The Balaban J connectivity index is 1.94. The van der Waals surface area contributed by atoms with Gasteiger partial charge in [0, 0.05) is 18.3 Å². The van der Waals surface area contributed by atoms with Crippen molar-refractivity contribution in [2.45, 2.75) is 27.7 Å². The van der Waals surface area contributed by atoms with E-state index in [-0.39, 0.29) is 17.5 Å². The highest BCUT2D eigenvalue weighted by molar-refractivity contribution is 6.36. The Bertz CT molecular complexity index is 948. The zero-order valence-electron chi connectivity index (χ0n) is 17.9. The van der Waals surface area contributed by atoms with Gasteiger partial charge in [-0.3, -0.25) is 14.5 Å². The molecule has 2 aromatic carbocycles. The predicted molar refractivity (Wildman–Crippen MR) is 117 cm³/mol. The summed E-state index contributed by atoms with van der Waals surface area (Å²) in [6.45, 7) is 9.33. The Morgan fingerprint density at radius 3 is 2.30 bits per heavy atom. The maximum absolute atomic E-state index is 13.0. The zero-order chi connectivity index (χ0) is 21.7. The highest BCUT2D eigenvalue weighted by atomic mass is 16.5. The number of amides is 2. The summed E-state index contributed by atoms with van der Waals surface area (Å²) < 4.78 is 11.3. The lowest BCUT2D eigenvalue weighted by molar-refractivity contribution is -0.136. The summed E-state index contributed by atoms with van der Waals surface area (Å²) in [7, 11) is 0. The third-order valence-corrected chi connectivity index (χ3v) is 4.62. The van der Waals surface area contributed by atoms with Crippen molar-refractivity contribution in [3.63, 3.8) is 0 Å². The van der Waals surface area contributed by atoms with Crippen LogP contribution in [0.3, 0.4) is 0 Å². The van der Waals surface area contributed by atoms with Gasteiger partial charge in [0.1, 0.15) is 17.2 Å². The number of anilines is 1. The summed E-state index contributed by atoms with van der Waals surface area (Å²) in [6.07, 6.45) is 0. The van der Waals surface area contributed by atoms with E-state index in [1.54, 1.807) is 6.92 Å². The fraction of sp³-hybridized carbons (Fsp3) is 0.333. The monoisotopic (exact) mass is 408 g/mol. The molecule has 6 nitrogen and oxygen atoms in total. The number of hydrogen-bond donors (Lipinski definition) is 1. The molecule has 1 aliphatic heterocycles. The van der Waals surface area contributed by atoms with Gasteiger partial charge < -0.3 is 14.8 Å². The third-order valence-electron chi connectivity index (χ3n) is 4.62. The fourth-order valence-corrected chi connectivity index (χ4v) is 3.20. The van der Waals surface area contributed by atoms with Crippen LogP contribution in [-0.4, -0.2) is 36.5 Å². The van der Waals surface area contributed by atoms with Gasteiger partial charge in [-0.05, 0) is 49.6 Å². The molecule has 0 radical (unpaired) electrons. The number of hydrogen-bond acceptors (Lipinski definition) is 5. The minimum atomic E-state index is -0.334. The van der Waals surface area contributed by atoms with Crippen molar-refractivity contribution in [2.75, 3.05) is 25.1 Å². The molecular formula is C24H28N2O4. The molecule has 0 saturated heterocycles. The molecule has 0 aliphatic carbocycles. The molecule has 0 aromatic heterocycles. The van der Waals surface area contributed by atoms with Crippen molar-refractivity contribution in [1.29, 1.82) is 0 Å². The number of benzene rings is 2. The van der Waals surface area contributed by atoms with Crippen LogP contribution in [0.2, 0.25) is 0 Å². The predicted octanol–water partition coefficient (Wildman–Crippen LogP) is 4.33. The smallest absolute Gasteiger partial charge is 0.278 e. The SMILES string of the molecule is CCOc1cccc(NC2=C(c3ccc(OCC(C)C)cc3)C(=O)N(CC)C2=O)c1. The van der Waals surface area contributed by atoms with Gasteiger partial charge in [0.25, 0.3) is 11.8 Å². The first kappa shape index (κ1) is 21.4. The van der Waals surface area contributed by atoms with Crippen LogP contribution in [-0.2, 0) is 9.59 Å². The molecule has 1 heterocycles. The van der Waals surface area contributed by atoms with E-state index in [1.165, 1.54) is 4.90 Å². The van der Waals surface area contributed by atoms with Gasteiger partial charge in [0.2, 0.25) is 0 Å². The summed E-state index contributed by atoms with van der Waals surface area (Å²) in [6, 6.07) is 14.6. The van der Waals surface area contributed by atoms with Crippen LogP contribution >= 0.6 is 0 Å². The molecule has 2 aromatic rings. The first-order valence-electron chi connectivity index (χ1n) is 10.3. The van der Waals surface area contributed by atoms with Crippen LogP contribution < -0.4 is 14.8 Å². The van der Waals surface area contributed by atoms with E-state index in [1.807, 2.05) is 55.5 Å². The summed E-state index contributed by atoms with van der Waals surface area (Å²) in [5.74, 6) is 1.21. The molecule has 0 saturated carbocycles. The van der Waals surface area contributed by atoms with Crippen LogP contribution in [0.25, 0.3) is 5.57 Å². The number of ether oxygens (including phenoxy) is 2. The minimum Gasteiger partial charge on any atom is -0.494 e. The van der Waals surface area contributed by atoms with E-state index < -0.39 is 0 Å². The third kappa shape index (κ3) is 4.64. The quantitative estimate of drug-likeness (QED) is 0.626. The molecule has 0 bridgehead atoms. The van der Waals surface area contributed by atoms with Crippen molar-refractivity contribution >= 4 is 23.1 Å². The van der Waals surface area contributed by atoms with Gasteiger partial charge in [-0.25, -0.2) is 0 Å². The molecule has 3 rings (SSSR count). The van der Waals surface area contributed by atoms with E-state index in [0.717, 1.165) is 5.75 Å². The lowest BCUT2D eigenvalue weighted by atomic mass is 10.0. The molecule has 158 valence electrons. The second kappa shape index (κ2) is 9.48. The van der Waals surface area contributed by atoms with Crippen molar-refractivity contribution in [3.8, 4) is 11.5 Å². The Kier molecular flexibility index (Phi) is 6.77. The van der Waals surface area contributed by atoms with Crippen LogP contribution in [0.4, 0.5) is 5.69 Å². The molecule has 0 atom stereocenters. The highest BCUT2D eigenvalue weighted by Crippen LogP contribution is 2.32. The Morgan fingerprint density at radius 1 is 0.933 bits per heavy atom. The van der Waals surface area contributed by atoms with E-state index in [0.29, 0.717) is 48.2 Å². The van der Waals surface area contributed by atoms with Crippen molar-refractivity contribution in [3.05, 3.63) is 59.8 Å². The number of carbonyl (C=O) groups is 2. The first-order valence-corrected chi connectivity index (χ1v) is 10.3. The number of rotatable bonds is 9. The first-order chi connectivity index (χ1) is 14.4. The van der Waals surface area contributed by atoms with Crippen LogP contribution in [0.5, 0.6) is 11.5 Å². The molecule has 30 heavy (non-hydrogen) atoms. The second-order valence-corrected chi connectivity index (χ2v) is 7.42. The van der Waals surface area contributed by atoms with E-state index in [4.69, 9.17) is 9.47 Å². The Morgan fingerprint density at radius 2 is 1.67 bits per heavy atom. The molecule has 0 fully saturated rings. The lowest BCUT2D eigenvalue weighted by Crippen LogP contribution is -2.32. The highest BCUT2D eigenvalue weighted by Gasteiger charge is 2.38. The topological polar surface area (TPSA) is 67.9 Å². The zero-order valence-corrected chi connectivity index (χ0v) is 17.9. The van der Waals surface area contributed by atoms with Crippen LogP contribution in [0, 0.1) is 5.92 Å². The molecule has 6 heteroatoms. The molecule has 0 unspecified atom stereocenters. The van der Waals surface area contributed by atoms with Crippen molar-refractivity contribution in [1.82, 2.24) is 4.90 Å². The number of likely N-dealkylation sites (N-methyl/N-ethyl adjacent to an activating group) is 1.